The number of hydrogen-bond acceptors (Lipinski definition) is 5. The van der Waals surface area contributed by atoms with Crippen molar-refractivity contribution < 1.29 is 8.83 Å². The first-order valence-electron chi connectivity index (χ1n) is 9.20. The van der Waals surface area contributed by atoms with Crippen LogP contribution < -0.4 is 10.9 Å². The molecule has 2 aromatic carbocycles. The third kappa shape index (κ3) is 2.72. The maximum atomic E-state index is 11.5. The van der Waals surface area contributed by atoms with Crippen LogP contribution in [0.4, 0.5) is 11.4 Å². The lowest BCUT2D eigenvalue weighted by atomic mass is 10.1. The van der Waals surface area contributed by atoms with E-state index in [1.54, 1.807) is 18.3 Å². The van der Waals surface area contributed by atoms with Crippen molar-refractivity contribution in [2.45, 2.75) is 19.8 Å². The van der Waals surface area contributed by atoms with E-state index < -0.39 is 0 Å². The first-order chi connectivity index (χ1) is 13.6. The Hall–Kier alpha value is -3.60. The summed E-state index contributed by atoms with van der Waals surface area (Å²) in [7, 11) is 0. The zero-order chi connectivity index (χ0) is 19.3. The largest absolute Gasteiger partial charge is 0.458 e. The van der Waals surface area contributed by atoms with Crippen molar-refractivity contribution in [2.24, 2.45) is 0 Å². The molecule has 3 aromatic heterocycles. The SMILES string of the molecule is CC(C)c1oc2cc3oc(=O)ccc3cc2c1Nc1ccc2ncccc2c1. The summed E-state index contributed by atoms with van der Waals surface area (Å²) >= 11 is 0. The smallest absolute Gasteiger partial charge is 0.336 e. The van der Waals surface area contributed by atoms with Crippen LogP contribution in [0.5, 0.6) is 0 Å². The Kier molecular flexibility index (Phi) is 3.69. The summed E-state index contributed by atoms with van der Waals surface area (Å²) in [6.45, 7) is 4.18. The van der Waals surface area contributed by atoms with Crippen LogP contribution in [0.1, 0.15) is 25.5 Å². The van der Waals surface area contributed by atoms with Gasteiger partial charge in [0.25, 0.3) is 0 Å². The molecule has 0 aliphatic heterocycles. The van der Waals surface area contributed by atoms with Crippen LogP contribution in [-0.4, -0.2) is 4.98 Å². The van der Waals surface area contributed by atoms with Gasteiger partial charge < -0.3 is 14.2 Å². The van der Waals surface area contributed by atoms with Crippen molar-refractivity contribution in [3.63, 3.8) is 0 Å². The first kappa shape index (κ1) is 16.6. The quantitative estimate of drug-likeness (QED) is 0.397. The number of fused-ring (bicyclic) bond motifs is 3. The molecule has 0 saturated carbocycles. The Labute approximate surface area is 160 Å². The van der Waals surface area contributed by atoms with Crippen LogP contribution in [0, 0.1) is 0 Å². The number of pyridine rings is 1. The van der Waals surface area contributed by atoms with E-state index in [4.69, 9.17) is 8.83 Å². The fourth-order valence-electron chi connectivity index (χ4n) is 3.51. The number of nitrogens with one attached hydrogen (secondary N) is 1. The van der Waals surface area contributed by atoms with Crippen molar-refractivity contribution in [3.8, 4) is 0 Å². The maximum Gasteiger partial charge on any atom is 0.336 e. The summed E-state index contributed by atoms with van der Waals surface area (Å²) in [5.74, 6) is 1.05. The highest BCUT2D eigenvalue weighted by molar-refractivity contribution is 6.02. The first-order valence-corrected chi connectivity index (χ1v) is 9.20. The molecule has 28 heavy (non-hydrogen) atoms. The van der Waals surface area contributed by atoms with Crippen molar-refractivity contribution in [1.29, 1.82) is 0 Å². The van der Waals surface area contributed by atoms with Crippen molar-refractivity contribution in [1.82, 2.24) is 4.98 Å². The van der Waals surface area contributed by atoms with Gasteiger partial charge in [-0.3, -0.25) is 4.98 Å². The van der Waals surface area contributed by atoms with Gasteiger partial charge in [0.15, 0.2) is 0 Å². The van der Waals surface area contributed by atoms with Crippen LogP contribution in [-0.2, 0) is 0 Å². The zero-order valence-electron chi connectivity index (χ0n) is 15.5. The number of anilines is 2. The molecule has 3 heterocycles. The zero-order valence-corrected chi connectivity index (χ0v) is 15.5. The molecule has 0 aliphatic carbocycles. The molecule has 5 rings (SSSR count). The Morgan fingerprint density at radius 3 is 2.68 bits per heavy atom. The molecule has 0 unspecified atom stereocenters. The number of rotatable bonds is 3. The van der Waals surface area contributed by atoms with Gasteiger partial charge in [-0.1, -0.05) is 19.9 Å². The second-order valence-electron chi connectivity index (χ2n) is 7.17. The highest BCUT2D eigenvalue weighted by Gasteiger charge is 2.18. The molecule has 5 heteroatoms. The molecular formula is C23H18N2O3. The second kappa shape index (κ2) is 6.23. The van der Waals surface area contributed by atoms with Crippen LogP contribution in [0.15, 0.2) is 74.4 Å². The molecule has 5 nitrogen and oxygen atoms in total. The van der Waals surface area contributed by atoms with Crippen molar-refractivity contribution in [2.75, 3.05) is 5.32 Å². The monoisotopic (exact) mass is 370 g/mol. The van der Waals surface area contributed by atoms with Crippen molar-refractivity contribution >= 4 is 44.2 Å². The third-order valence-corrected chi connectivity index (χ3v) is 4.85. The average molecular weight is 370 g/mol. The van der Waals surface area contributed by atoms with E-state index in [2.05, 4.69) is 30.2 Å². The molecule has 0 saturated heterocycles. The minimum Gasteiger partial charge on any atom is -0.458 e. The molecule has 0 bridgehead atoms. The van der Waals surface area contributed by atoms with Crippen LogP contribution in [0.25, 0.3) is 32.8 Å². The van der Waals surface area contributed by atoms with Gasteiger partial charge in [0, 0.05) is 46.1 Å². The van der Waals surface area contributed by atoms with E-state index in [9.17, 15) is 4.79 Å². The van der Waals surface area contributed by atoms with Crippen LogP contribution in [0.2, 0.25) is 0 Å². The molecule has 0 aliphatic rings. The van der Waals surface area contributed by atoms with Gasteiger partial charge in [-0.2, -0.15) is 0 Å². The topological polar surface area (TPSA) is 68.3 Å². The van der Waals surface area contributed by atoms with E-state index in [0.29, 0.717) is 11.2 Å². The molecule has 138 valence electrons. The van der Waals surface area contributed by atoms with E-state index >= 15 is 0 Å². The van der Waals surface area contributed by atoms with Gasteiger partial charge in [0.1, 0.15) is 16.9 Å². The highest BCUT2D eigenvalue weighted by Crippen LogP contribution is 2.39. The lowest BCUT2D eigenvalue weighted by molar-refractivity contribution is 0.522. The molecule has 1 N–H and O–H groups in total. The highest BCUT2D eigenvalue weighted by atomic mass is 16.4. The minimum atomic E-state index is -0.370. The summed E-state index contributed by atoms with van der Waals surface area (Å²) in [6.07, 6.45) is 1.79. The number of hydrogen-bond donors (Lipinski definition) is 1. The fourth-order valence-corrected chi connectivity index (χ4v) is 3.51. The Bertz CT molecular complexity index is 1400. The molecule has 0 atom stereocenters. The van der Waals surface area contributed by atoms with Gasteiger partial charge in [0.2, 0.25) is 0 Å². The summed E-state index contributed by atoms with van der Waals surface area (Å²) < 4.78 is 11.4. The molecule has 0 fully saturated rings. The number of nitrogens with zero attached hydrogens (tertiary/aromatic N) is 1. The summed E-state index contributed by atoms with van der Waals surface area (Å²) in [5.41, 5.74) is 3.69. The van der Waals surface area contributed by atoms with E-state index in [1.807, 2.05) is 30.3 Å². The van der Waals surface area contributed by atoms with Gasteiger partial charge >= 0.3 is 5.63 Å². The number of benzene rings is 2. The molecular weight excluding hydrogens is 352 g/mol. The standard InChI is InChI=1S/C23H18N2O3/c1-13(2)23-22(25-16-6-7-18-14(10-16)4-3-9-24-18)17-11-15-5-8-21(26)27-19(15)12-20(17)28-23/h3-13,25H,1-2H3. The number of aromatic nitrogens is 1. The third-order valence-electron chi connectivity index (χ3n) is 4.85. The lowest BCUT2D eigenvalue weighted by Crippen LogP contribution is -1.96. The minimum absolute atomic E-state index is 0.187. The average Bonchev–Trinajstić information content (AvgIpc) is 3.04. The van der Waals surface area contributed by atoms with Crippen LogP contribution >= 0.6 is 0 Å². The van der Waals surface area contributed by atoms with E-state index in [1.165, 1.54) is 6.07 Å². The number of furan rings is 1. The lowest BCUT2D eigenvalue weighted by Gasteiger charge is -2.10. The summed E-state index contributed by atoms with van der Waals surface area (Å²) in [4.78, 5) is 15.9. The predicted molar refractivity (Wildman–Crippen MR) is 111 cm³/mol. The molecule has 0 spiro atoms. The van der Waals surface area contributed by atoms with Gasteiger partial charge in [-0.15, -0.1) is 0 Å². The van der Waals surface area contributed by atoms with E-state index in [-0.39, 0.29) is 11.5 Å². The molecule has 5 aromatic rings. The summed E-state index contributed by atoms with van der Waals surface area (Å²) in [6, 6.07) is 17.0. The predicted octanol–water partition coefficient (Wildman–Crippen LogP) is 5.95. The van der Waals surface area contributed by atoms with Gasteiger partial charge in [0.05, 0.1) is 11.2 Å². The molecule has 0 amide bonds. The Balaban J connectivity index is 1.70. The Morgan fingerprint density at radius 2 is 1.82 bits per heavy atom. The maximum absolute atomic E-state index is 11.5. The van der Waals surface area contributed by atoms with Crippen molar-refractivity contribution in [3.05, 3.63) is 77.0 Å². The van der Waals surface area contributed by atoms with E-state index in [0.717, 1.165) is 38.8 Å². The van der Waals surface area contributed by atoms with Crippen LogP contribution in [0.3, 0.4) is 0 Å². The molecule has 0 radical (unpaired) electrons. The second-order valence-corrected chi connectivity index (χ2v) is 7.17. The fraction of sp³-hybridized carbons (Fsp3) is 0.130. The van der Waals surface area contributed by atoms with Gasteiger partial charge in [-0.25, -0.2) is 4.79 Å². The normalized spacial score (nSPS) is 11.7. The van der Waals surface area contributed by atoms with Gasteiger partial charge in [-0.05, 0) is 36.4 Å². The summed E-state index contributed by atoms with van der Waals surface area (Å²) in [5, 5.41) is 6.41. The Morgan fingerprint density at radius 1 is 0.929 bits per heavy atom.